The lowest BCUT2D eigenvalue weighted by Gasteiger charge is -2.37. The van der Waals surface area contributed by atoms with Gasteiger partial charge in [-0.3, -0.25) is 4.79 Å². The number of carbonyl (C=O) groups is 2. The Morgan fingerprint density at radius 3 is 2.57 bits per heavy atom. The number of carbonyl (C=O) groups excluding carboxylic acids is 1. The van der Waals surface area contributed by atoms with Crippen molar-refractivity contribution >= 4 is 12.0 Å². The molecule has 3 atom stereocenters. The highest BCUT2D eigenvalue weighted by atomic mass is 16.4. The Morgan fingerprint density at radius 2 is 1.90 bits per heavy atom. The van der Waals surface area contributed by atoms with Crippen LogP contribution in [0.15, 0.2) is 0 Å². The fourth-order valence-electron chi connectivity index (χ4n) is 3.48. The van der Waals surface area contributed by atoms with Gasteiger partial charge in [-0.1, -0.05) is 12.8 Å². The third-order valence-corrected chi connectivity index (χ3v) is 4.86. The van der Waals surface area contributed by atoms with Crippen LogP contribution in [0.25, 0.3) is 0 Å². The van der Waals surface area contributed by atoms with Gasteiger partial charge < -0.3 is 20.2 Å². The van der Waals surface area contributed by atoms with E-state index < -0.39 is 11.9 Å². The molecular formula is C15H27N3O3. The number of amides is 2. The van der Waals surface area contributed by atoms with Gasteiger partial charge in [-0.2, -0.15) is 0 Å². The second kappa shape index (κ2) is 7.11. The molecule has 6 nitrogen and oxygen atoms in total. The molecule has 2 amide bonds. The number of hydrogen-bond donors (Lipinski definition) is 2. The van der Waals surface area contributed by atoms with Crippen LogP contribution in [0.5, 0.6) is 0 Å². The van der Waals surface area contributed by atoms with Gasteiger partial charge >= 0.3 is 12.0 Å². The lowest BCUT2D eigenvalue weighted by atomic mass is 9.84. The van der Waals surface area contributed by atoms with Crippen molar-refractivity contribution in [1.82, 2.24) is 15.1 Å². The van der Waals surface area contributed by atoms with Crippen LogP contribution >= 0.6 is 0 Å². The minimum Gasteiger partial charge on any atom is -0.481 e. The molecule has 0 radical (unpaired) electrons. The molecule has 2 rings (SSSR count). The molecule has 0 spiro atoms. The zero-order valence-electron chi connectivity index (χ0n) is 13.0. The summed E-state index contributed by atoms with van der Waals surface area (Å²) in [5, 5.41) is 12.2. The summed E-state index contributed by atoms with van der Waals surface area (Å²) < 4.78 is 0. The average molecular weight is 297 g/mol. The third kappa shape index (κ3) is 4.09. The lowest BCUT2D eigenvalue weighted by molar-refractivity contribution is -0.143. The maximum absolute atomic E-state index is 12.4. The van der Waals surface area contributed by atoms with Gasteiger partial charge in [0.2, 0.25) is 0 Å². The SMILES string of the molecule is CN1CCCC(N(C)C(=O)NC2CCCCC2C(=O)O)C1. The van der Waals surface area contributed by atoms with E-state index in [4.69, 9.17) is 0 Å². The first-order valence-electron chi connectivity index (χ1n) is 7.93. The summed E-state index contributed by atoms with van der Waals surface area (Å²) in [6, 6.07) is -0.142. The van der Waals surface area contributed by atoms with Gasteiger partial charge in [0.25, 0.3) is 0 Å². The first kappa shape index (κ1) is 16.1. The van der Waals surface area contributed by atoms with Crippen molar-refractivity contribution in [1.29, 1.82) is 0 Å². The van der Waals surface area contributed by atoms with E-state index in [2.05, 4.69) is 17.3 Å². The minimum atomic E-state index is -0.792. The van der Waals surface area contributed by atoms with Crippen molar-refractivity contribution in [2.45, 2.75) is 50.6 Å². The van der Waals surface area contributed by atoms with Crippen molar-refractivity contribution in [3.8, 4) is 0 Å². The zero-order chi connectivity index (χ0) is 15.4. The van der Waals surface area contributed by atoms with Gasteiger partial charge in [-0.25, -0.2) is 4.79 Å². The summed E-state index contributed by atoms with van der Waals surface area (Å²) >= 11 is 0. The van der Waals surface area contributed by atoms with Crippen molar-refractivity contribution in [3.05, 3.63) is 0 Å². The largest absolute Gasteiger partial charge is 0.481 e. The summed E-state index contributed by atoms with van der Waals surface area (Å²) in [6.45, 7) is 1.96. The standard InChI is InChI=1S/C15H27N3O3/c1-17-9-5-6-11(10-17)18(2)15(21)16-13-8-4-3-7-12(13)14(19)20/h11-13H,3-10H2,1-2H3,(H,16,21)(H,19,20). The first-order valence-corrected chi connectivity index (χ1v) is 7.93. The number of hydrogen-bond acceptors (Lipinski definition) is 3. The topological polar surface area (TPSA) is 72.9 Å². The smallest absolute Gasteiger partial charge is 0.317 e. The number of nitrogens with one attached hydrogen (secondary N) is 1. The summed E-state index contributed by atoms with van der Waals surface area (Å²) in [4.78, 5) is 27.7. The predicted molar refractivity (Wildman–Crippen MR) is 80.2 cm³/mol. The molecule has 120 valence electrons. The van der Waals surface area contributed by atoms with Crippen molar-refractivity contribution in [3.63, 3.8) is 0 Å². The van der Waals surface area contributed by atoms with Gasteiger partial charge in [-0.15, -0.1) is 0 Å². The third-order valence-electron chi connectivity index (χ3n) is 4.86. The van der Waals surface area contributed by atoms with E-state index in [-0.39, 0.29) is 18.1 Å². The molecular weight excluding hydrogens is 270 g/mol. The quantitative estimate of drug-likeness (QED) is 0.825. The number of rotatable bonds is 3. The van der Waals surface area contributed by atoms with Crippen molar-refractivity contribution in [2.24, 2.45) is 5.92 Å². The number of carboxylic acid groups (broad SMARTS) is 1. The van der Waals surface area contributed by atoms with Gasteiger partial charge in [-0.05, 0) is 39.3 Å². The minimum absolute atomic E-state index is 0.131. The second-order valence-corrected chi connectivity index (χ2v) is 6.45. The Kier molecular flexibility index (Phi) is 5.45. The van der Waals surface area contributed by atoms with Crippen LogP contribution in [0.3, 0.4) is 0 Å². The summed E-state index contributed by atoms with van der Waals surface area (Å²) in [6.07, 6.45) is 5.47. The first-order chi connectivity index (χ1) is 9.99. The van der Waals surface area contributed by atoms with E-state index >= 15 is 0 Å². The molecule has 2 fully saturated rings. The molecule has 21 heavy (non-hydrogen) atoms. The Labute approximate surface area is 126 Å². The van der Waals surface area contributed by atoms with Gasteiger partial charge in [0, 0.05) is 25.7 Å². The van der Waals surface area contributed by atoms with Gasteiger partial charge in [0.15, 0.2) is 0 Å². The number of nitrogens with zero attached hydrogens (tertiary/aromatic N) is 2. The second-order valence-electron chi connectivity index (χ2n) is 6.45. The number of carboxylic acids is 1. The summed E-state index contributed by atoms with van der Waals surface area (Å²) in [5.74, 6) is -1.23. The van der Waals surface area contributed by atoms with E-state index in [1.165, 1.54) is 0 Å². The van der Waals surface area contributed by atoms with Crippen LogP contribution in [-0.2, 0) is 4.79 Å². The summed E-state index contributed by atoms with van der Waals surface area (Å²) in [5.41, 5.74) is 0. The summed E-state index contributed by atoms with van der Waals surface area (Å²) in [7, 11) is 3.89. The number of piperidine rings is 1. The monoisotopic (exact) mass is 297 g/mol. The molecule has 6 heteroatoms. The van der Waals surface area contributed by atoms with E-state index in [1.807, 2.05) is 7.05 Å². The molecule has 2 aliphatic rings. The normalized spacial score (nSPS) is 30.7. The molecule has 0 aromatic heterocycles. The van der Waals surface area contributed by atoms with Crippen LogP contribution in [0.1, 0.15) is 38.5 Å². The molecule has 1 saturated heterocycles. The van der Waals surface area contributed by atoms with E-state index in [0.717, 1.165) is 45.2 Å². The zero-order valence-corrected chi connectivity index (χ0v) is 13.0. The van der Waals surface area contributed by atoms with Crippen LogP contribution in [0.4, 0.5) is 4.79 Å². The molecule has 1 aliphatic carbocycles. The van der Waals surface area contributed by atoms with Crippen LogP contribution in [-0.4, -0.2) is 66.2 Å². The average Bonchev–Trinajstić information content (AvgIpc) is 2.46. The predicted octanol–water partition coefficient (Wildman–Crippen LogP) is 1.37. The molecule has 0 bridgehead atoms. The number of urea groups is 1. The highest BCUT2D eigenvalue weighted by Gasteiger charge is 2.33. The molecule has 1 saturated carbocycles. The Morgan fingerprint density at radius 1 is 1.19 bits per heavy atom. The van der Waals surface area contributed by atoms with E-state index in [9.17, 15) is 14.7 Å². The maximum Gasteiger partial charge on any atom is 0.317 e. The molecule has 0 aromatic rings. The molecule has 0 aromatic carbocycles. The van der Waals surface area contributed by atoms with Crippen LogP contribution < -0.4 is 5.32 Å². The highest BCUT2D eigenvalue weighted by molar-refractivity contribution is 5.77. The Bertz CT molecular complexity index is 388. The molecule has 1 aliphatic heterocycles. The lowest BCUT2D eigenvalue weighted by Crippen LogP contribution is -2.54. The van der Waals surface area contributed by atoms with Crippen LogP contribution in [0.2, 0.25) is 0 Å². The molecule has 2 N–H and O–H groups in total. The van der Waals surface area contributed by atoms with Crippen LogP contribution in [0, 0.1) is 5.92 Å². The van der Waals surface area contributed by atoms with Gasteiger partial charge in [0.1, 0.15) is 0 Å². The molecule has 3 unspecified atom stereocenters. The number of likely N-dealkylation sites (N-methyl/N-ethyl adjacent to an activating group) is 2. The van der Waals surface area contributed by atoms with E-state index in [0.29, 0.717) is 6.42 Å². The van der Waals surface area contributed by atoms with Crippen molar-refractivity contribution < 1.29 is 14.7 Å². The highest BCUT2D eigenvalue weighted by Crippen LogP contribution is 2.25. The Hall–Kier alpha value is -1.30. The fraction of sp³-hybridized carbons (Fsp3) is 0.867. The van der Waals surface area contributed by atoms with Crippen molar-refractivity contribution in [2.75, 3.05) is 27.2 Å². The molecule has 1 heterocycles. The Balaban J connectivity index is 1.91. The number of aliphatic carboxylic acids is 1. The maximum atomic E-state index is 12.4. The number of likely N-dealkylation sites (tertiary alicyclic amines) is 1. The fourth-order valence-corrected chi connectivity index (χ4v) is 3.48. The van der Waals surface area contributed by atoms with Gasteiger partial charge in [0.05, 0.1) is 5.92 Å². The van der Waals surface area contributed by atoms with E-state index in [1.54, 1.807) is 4.90 Å².